The Morgan fingerprint density at radius 1 is 1.08 bits per heavy atom. The molecule has 0 fully saturated rings. The van der Waals surface area contributed by atoms with Crippen LogP contribution in [0.25, 0.3) is 10.6 Å². The van der Waals surface area contributed by atoms with Crippen molar-refractivity contribution < 1.29 is 18.3 Å². The average molecular weight is 345 g/mol. The number of nitrogens with zero attached hydrogens (tertiary/aromatic N) is 1. The van der Waals surface area contributed by atoms with E-state index in [-0.39, 0.29) is 24.7 Å². The first-order valence-corrected chi connectivity index (χ1v) is 8.08. The summed E-state index contributed by atoms with van der Waals surface area (Å²) in [5.41, 5.74) is 1.96. The van der Waals surface area contributed by atoms with E-state index in [0.717, 1.165) is 0 Å². The van der Waals surface area contributed by atoms with E-state index < -0.39 is 5.97 Å². The Labute approximate surface area is 141 Å². The van der Waals surface area contributed by atoms with Crippen molar-refractivity contribution in [3.8, 4) is 10.6 Å². The van der Waals surface area contributed by atoms with Gasteiger partial charge < -0.3 is 4.74 Å². The molecule has 0 spiro atoms. The lowest BCUT2D eigenvalue weighted by atomic mass is 10.2. The van der Waals surface area contributed by atoms with Crippen LogP contribution >= 0.6 is 11.3 Å². The summed E-state index contributed by atoms with van der Waals surface area (Å²) in [6.45, 7) is 0.0833. The fourth-order valence-corrected chi connectivity index (χ4v) is 2.90. The summed E-state index contributed by atoms with van der Waals surface area (Å²) >= 11 is 1.34. The van der Waals surface area contributed by atoms with Crippen molar-refractivity contribution in [3.63, 3.8) is 0 Å². The third-order valence-corrected chi connectivity index (χ3v) is 4.20. The van der Waals surface area contributed by atoms with E-state index in [0.29, 0.717) is 21.8 Å². The smallest absolute Gasteiger partial charge is 0.312 e. The average Bonchev–Trinajstić information content (AvgIpc) is 3.03. The number of carbonyl (C=O) groups is 1. The lowest BCUT2D eigenvalue weighted by Gasteiger charge is -2.03. The van der Waals surface area contributed by atoms with Crippen LogP contribution in [0, 0.1) is 11.6 Å². The maximum atomic E-state index is 13.2. The number of carbonyl (C=O) groups excluding carboxylic acids is 1. The molecule has 1 heterocycles. The topological polar surface area (TPSA) is 39.2 Å². The van der Waals surface area contributed by atoms with Crippen LogP contribution in [0.5, 0.6) is 0 Å². The van der Waals surface area contributed by atoms with E-state index in [2.05, 4.69) is 4.98 Å². The number of benzene rings is 2. The van der Waals surface area contributed by atoms with Crippen molar-refractivity contribution in [2.24, 2.45) is 0 Å². The van der Waals surface area contributed by atoms with Gasteiger partial charge in [-0.25, -0.2) is 13.8 Å². The van der Waals surface area contributed by atoms with Gasteiger partial charge in [0, 0.05) is 10.9 Å². The predicted molar refractivity (Wildman–Crippen MR) is 87.4 cm³/mol. The Kier molecular flexibility index (Phi) is 4.96. The maximum Gasteiger partial charge on any atom is 0.312 e. The third-order valence-electron chi connectivity index (χ3n) is 3.26. The van der Waals surface area contributed by atoms with Crippen LogP contribution < -0.4 is 0 Å². The Morgan fingerprint density at radius 3 is 2.62 bits per heavy atom. The predicted octanol–water partition coefficient (Wildman–Crippen LogP) is 4.37. The van der Waals surface area contributed by atoms with Crippen LogP contribution in [-0.2, 0) is 22.6 Å². The molecule has 0 unspecified atom stereocenters. The minimum Gasteiger partial charge on any atom is -0.461 e. The van der Waals surface area contributed by atoms with E-state index in [1.165, 1.54) is 35.6 Å². The zero-order valence-electron chi connectivity index (χ0n) is 12.5. The lowest BCUT2D eigenvalue weighted by molar-refractivity contribution is -0.144. The largest absolute Gasteiger partial charge is 0.461 e. The lowest BCUT2D eigenvalue weighted by Crippen LogP contribution is -2.08. The van der Waals surface area contributed by atoms with Crippen LogP contribution in [-0.4, -0.2) is 11.0 Å². The van der Waals surface area contributed by atoms with Crippen LogP contribution in [0.15, 0.2) is 53.9 Å². The molecule has 0 atom stereocenters. The van der Waals surface area contributed by atoms with Gasteiger partial charge in [-0.2, -0.15) is 0 Å². The van der Waals surface area contributed by atoms with Crippen molar-refractivity contribution in [2.45, 2.75) is 13.0 Å². The summed E-state index contributed by atoms with van der Waals surface area (Å²) in [5.74, 6) is -1.09. The molecule has 0 saturated heterocycles. The summed E-state index contributed by atoms with van der Waals surface area (Å²) in [4.78, 5) is 16.2. The summed E-state index contributed by atoms with van der Waals surface area (Å²) in [6, 6.07) is 11.9. The minimum atomic E-state index is -0.421. The van der Waals surface area contributed by atoms with Crippen molar-refractivity contribution in [1.29, 1.82) is 0 Å². The maximum absolute atomic E-state index is 13.2. The van der Waals surface area contributed by atoms with Gasteiger partial charge in [0.25, 0.3) is 0 Å². The number of esters is 1. The first-order valence-electron chi connectivity index (χ1n) is 7.20. The van der Waals surface area contributed by atoms with E-state index in [1.807, 2.05) is 0 Å². The minimum absolute atomic E-state index is 0.0347. The van der Waals surface area contributed by atoms with Gasteiger partial charge in [0.2, 0.25) is 0 Å². The quantitative estimate of drug-likeness (QED) is 0.645. The van der Waals surface area contributed by atoms with Gasteiger partial charge in [0.15, 0.2) is 0 Å². The van der Waals surface area contributed by atoms with Gasteiger partial charge in [-0.1, -0.05) is 24.3 Å². The summed E-state index contributed by atoms with van der Waals surface area (Å²) in [6.07, 6.45) is 0.0347. The van der Waals surface area contributed by atoms with Gasteiger partial charge >= 0.3 is 5.97 Å². The highest BCUT2D eigenvalue weighted by Gasteiger charge is 2.11. The second kappa shape index (κ2) is 7.31. The fraction of sp³-hybridized carbons (Fsp3) is 0.111. The van der Waals surface area contributed by atoms with Crippen LogP contribution in [0.2, 0.25) is 0 Å². The first kappa shape index (κ1) is 16.3. The number of ether oxygens (including phenoxy) is 1. The number of rotatable bonds is 5. The van der Waals surface area contributed by atoms with Crippen LogP contribution in [0.3, 0.4) is 0 Å². The molecule has 122 valence electrons. The highest BCUT2D eigenvalue weighted by molar-refractivity contribution is 7.13. The highest BCUT2D eigenvalue weighted by Crippen LogP contribution is 2.24. The zero-order valence-corrected chi connectivity index (χ0v) is 13.4. The van der Waals surface area contributed by atoms with Gasteiger partial charge in [-0.15, -0.1) is 11.3 Å². The Morgan fingerprint density at radius 2 is 1.88 bits per heavy atom. The molecule has 0 saturated carbocycles. The molecule has 3 rings (SSSR count). The SMILES string of the molecule is O=C(Cc1csc(-c2cccc(F)c2)n1)OCc1ccc(F)cc1. The van der Waals surface area contributed by atoms with Gasteiger partial charge in [-0.3, -0.25) is 4.79 Å². The molecule has 2 aromatic carbocycles. The number of aromatic nitrogens is 1. The van der Waals surface area contributed by atoms with E-state index >= 15 is 0 Å². The third kappa shape index (κ3) is 4.23. The Balaban J connectivity index is 1.58. The highest BCUT2D eigenvalue weighted by atomic mass is 32.1. The van der Waals surface area contributed by atoms with Crippen LogP contribution in [0.1, 0.15) is 11.3 Å². The van der Waals surface area contributed by atoms with Crippen molar-refractivity contribution in [3.05, 3.63) is 76.8 Å². The fourth-order valence-electron chi connectivity index (χ4n) is 2.09. The monoisotopic (exact) mass is 345 g/mol. The molecule has 0 N–H and O–H groups in total. The second-order valence-corrected chi connectivity index (χ2v) is 5.98. The Bertz CT molecular complexity index is 846. The summed E-state index contributed by atoms with van der Waals surface area (Å²) in [5, 5.41) is 2.40. The van der Waals surface area contributed by atoms with E-state index in [1.54, 1.807) is 29.6 Å². The van der Waals surface area contributed by atoms with Gasteiger partial charge in [0.1, 0.15) is 23.2 Å². The molecule has 24 heavy (non-hydrogen) atoms. The second-order valence-electron chi connectivity index (χ2n) is 5.12. The van der Waals surface area contributed by atoms with Gasteiger partial charge in [0.05, 0.1) is 12.1 Å². The zero-order chi connectivity index (χ0) is 16.9. The standard InChI is InChI=1S/C18H13F2NO2S/c19-14-6-4-12(5-7-14)10-23-17(22)9-16-11-24-18(21-16)13-2-1-3-15(20)8-13/h1-8,11H,9-10H2. The first-order chi connectivity index (χ1) is 11.6. The number of halogens is 2. The number of hydrogen-bond donors (Lipinski definition) is 0. The molecular weight excluding hydrogens is 332 g/mol. The molecule has 3 nitrogen and oxygen atoms in total. The molecule has 0 bridgehead atoms. The molecular formula is C18H13F2NO2S. The molecule has 0 radical (unpaired) electrons. The molecule has 1 aromatic heterocycles. The molecule has 0 aliphatic rings. The molecule has 3 aromatic rings. The van der Waals surface area contributed by atoms with Crippen molar-refractivity contribution in [1.82, 2.24) is 4.98 Å². The van der Waals surface area contributed by atoms with Crippen molar-refractivity contribution >= 4 is 17.3 Å². The molecule has 6 heteroatoms. The molecule has 0 aliphatic heterocycles. The normalized spacial score (nSPS) is 10.6. The van der Waals surface area contributed by atoms with Crippen LogP contribution in [0.4, 0.5) is 8.78 Å². The van der Waals surface area contributed by atoms with Crippen molar-refractivity contribution in [2.75, 3.05) is 0 Å². The Hall–Kier alpha value is -2.60. The number of thiazole rings is 1. The summed E-state index contributed by atoms with van der Waals surface area (Å²) in [7, 11) is 0. The molecule has 0 aliphatic carbocycles. The van der Waals surface area contributed by atoms with Gasteiger partial charge in [-0.05, 0) is 29.8 Å². The van der Waals surface area contributed by atoms with E-state index in [9.17, 15) is 13.6 Å². The summed E-state index contributed by atoms with van der Waals surface area (Å²) < 4.78 is 31.2. The molecule has 0 amide bonds. The van der Waals surface area contributed by atoms with E-state index in [4.69, 9.17) is 4.74 Å². The number of hydrogen-bond acceptors (Lipinski definition) is 4.